The number of hydrogen-bond acceptors (Lipinski definition) is 4. The van der Waals surface area contributed by atoms with E-state index in [1.165, 1.54) is 0 Å². The second-order valence-electron chi connectivity index (χ2n) is 6.87. The lowest BCUT2D eigenvalue weighted by atomic mass is 9.91. The van der Waals surface area contributed by atoms with E-state index in [1.54, 1.807) is 4.52 Å². The summed E-state index contributed by atoms with van der Waals surface area (Å²) in [4.78, 5) is 0. The van der Waals surface area contributed by atoms with Crippen molar-refractivity contribution in [3.05, 3.63) is 82.3 Å². The average Bonchev–Trinajstić information content (AvgIpc) is 3.23. The molecular weight excluding hydrogens is 417 g/mol. The lowest BCUT2D eigenvalue weighted by molar-refractivity contribution is 0.841. The third kappa shape index (κ3) is 3.07. The molecule has 5 rings (SSSR count). The second-order valence-corrected chi connectivity index (χ2v) is 7.74. The van der Waals surface area contributed by atoms with Gasteiger partial charge < -0.3 is 0 Å². The number of aromatic nitrogens is 4. The Balaban J connectivity index is 1.99. The van der Waals surface area contributed by atoms with E-state index in [2.05, 4.69) is 21.6 Å². The largest absolute Gasteiger partial charge is 0.198 e. The van der Waals surface area contributed by atoms with Crippen molar-refractivity contribution in [2.24, 2.45) is 0 Å². The zero-order valence-electron chi connectivity index (χ0n) is 15.5. The number of tetrazole rings is 1. The number of pyridine rings is 1. The molecule has 0 saturated carbocycles. The molecule has 0 saturated heterocycles. The van der Waals surface area contributed by atoms with Gasteiger partial charge in [-0.15, -0.1) is 5.10 Å². The molecule has 0 N–H and O–H groups in total. The van der Waals surface area contributed by atoms with Crippen LogP contribution in [0.5, 0.6) is 0 Å². The minimum atomic E-state index is 0.314. The van der Waals surface area contributed by atoms with Crippen LogP contribution in [-0.4, -0.2) is 20.0 Å². The first-order valence-corrected chi connectivity index (χ1v) is 9.97. The maximum absolute atomic E-state index is 9.19. The summed E-state index contributed by atoms with van der Waals surface area (Å²) in [7, 11) is 0. The molecule has 2 heterocycles. The van der Waals surface area contributed by atoms with E-state index in [9.17, 15) is 5.26 Å². The topological polar surface area (TPSA) is 66.9 Å². The van der Waals surface area contributed by atoms with Gasteiger partial charge in [0.1, 0.15) is 0 Å². The molecule has 0 aliphatic carbocycles. The molecule has 0 aliphatic heterocycles. The number of fused-ring (bicyclic) bond motifs is 3. The third-order valence-corrected chi connectivity index (χ3v) is 5.52. The first kappa shape index (κ1) is 18.6. The minimum absolute atomic E-state index is 0.314. The molecule has 0 atom stereocenters. The van der Waals surface area contributed by atoms with Gasteiger partial charge in [-0.3, -0.25) is 0 Å². The predicted molar refractivity (Wildman–Crippen MR) is 118 cm³/mol. The van der Waals surface area contributed by atoms with Gasteiger partial charge in [0.05, 0.1) is 18.0 Å². The Bertz CT molecular complexity index is 1450. The summed E-state index contributed by atoms with van der Waals surface area (Å²) in [5.41, 5.74) is 6.11. The molecule has 2 aromatic heterocycles. The van der Waals surface area contributed by atoms with Crippen molar-refractivity contribution in [3.63, 3.8) is 0 Å². The summed E-state index contributed by atoms with van der Waals surface area (Å²) in [6, 6.07) is 23.4. The van der Waals surface area contributed by atoms with Crippen LogP contribution in [0, 0.1) is 11.3 Å². The molecule has 0 fully saturated rings. The van der Waals surface area contributed by atoms with Crippen LogP contribution in [0.2, 0.25) is 10.0 Å². The third-order valence-electron chi connectivity index (χ3n) is 5.03. The molecule has 3 aromatic carbocycles. The van der Waals surface area contributed by atoms with Gasteiger partial charge in [-0.25, -0.2) is 0 Å². The summed E-state index contributed by atoms with van der Waals surface area (Å²) >= 11 is 12.5. The molecule has 144 valence electrons. The van der Waals surface area contributed by atoms with E-state index in [0.717, 1.165) is 38.7 Å². The number of nitrogens with zero attached hydrogens (tertiary/aromatic N) is 5. The van der Waals surface area contributed by atoms with Crippen LogP contribution >= 0.6 is 23.2 Å². The van der Waals surface area contributed by atoms with Crippen LogP contribution in [0.3, 0.4) is 0 Å². The zero-order chi connectivity index (χ0) is 20.7. The Hall–Kier alpha value is -3.46. The first-order valence-electron chi connectivity index (χ1n) is 9.21. The second kappa shape index (κ2) is 7.42. The fourth-order valence-electron chi connectivity index (χ4n) is 3.75. The van der Waals surface area contributed by atoms with Crippen LogP contribution in [0.25, 0.3) is 38.8 Å². The van der Waals surface area contributed by atoms with E-state index in [0.29, 0.717) is 22.1 Å². The standard InChI is InChI=1S/C23H13Cl2N5/c24-17-7-5-15(6-8-17)22-21(16-2-1-3-18(25)13-16)19-12-14(10-11-26)4-9-20(19)30-23(22)27-28-29-30/h1-9,12-13H,10H2. The molecule has 0 unspecified atom stereocenters. The molecule has 0 radical (unpaired) electrons. The van der Waals surface area contributed by atoms with Crippen molar-refractivity contribution in [1.29, 1.82) is 5.26 Å². The average molecular weight is 430 g/mol. The Morgan fingerprint density at radius 2 is 1.70 bits per heavy atom. The molecule has 30 heavy (non-hydrogen) atoms. The van der Waals surface area contributed by atoms with Gasteiger partial charge in [0, 0.05) is 26.6 Å². The van der Waals surface area contributed by atoms with Crippen molar-refractivity contribution in [3.8, 4) is 28.3 Å². The van der Waals surface area contributed by atoms with Gasteiger partial charge in [0.2, 0.25) is 0 Å². The Morgan fingerprint density at radius 3 is 2.47 bits per heavy atom. The highest BCUT2D eigenvalue weighted by Gasteiger charge is 2.20. The van der Waals surface area contributed by atoms with E-state index in [-0.39, 0.29) is 0 Å². The van der Waals surface area contributed by atoms with Crippen molar-refractivity contribution >= 4 is 39.8 Å². The summed E-state index contributed by atoms with van der Waals surface area (Å²) in [6.07, 6.45) is 0.314. The summed E-state index contributed by atoms with van der Waals surface area (Å²) in [5, 5.41) is 23.9. The van der Waals surface area contributed by atoms with E-state index >= 15 is 0 Å². The van der Waals surface area contributed by atoms with Crippen molar-refractivity contribution in [1.82, 2.24) is 20.0 Å². The summed E-state index contributed by atoms with van der Waals surface area (Å²) in [5.74, 6) is 0. The Kier molecular flexibility index (Phi) is 4.59. The maximum atomic E-state index is 9.19. The first-order chi connectivity index (χ1) is 14.7. The Morgan fingerprint density at radius 1 is 0.867 bits per heavy atom. The normalized spacial score (nSPS) is 11.1. The fourth-order valence-corrected chi connectivity index (χ4v) is 4.07. The molecule has 0 spiro atoms. The maximum Gasteiger partial charge on any atom is 0.188 e. The Labute approximate surface area is 182 Å². The van der Waals surface area contributed by atoms with Gasteiger partial charge in [-0.1, -0.05) is 53.5 Å². The van der Waals surface area contributed by atoms with Gasteiger partial charge >= 0.3 is 0 Å². The summed E-state index contributed by atoms with van der Waals surface area (Å²) < 4.78 is 1.73. The lowest BCUT2D eigenvalue weighted by Gasteiger charge is -2.16. The van der Waals surface area contributed by atoms with Crippen molar-refractivity contribution in [2.45, 2.75) is 6.42 Å². The van der Waals surface area contributed by atoms with E-state index in [4.69, 9.17) is 23.2 Å². The zero-order valence-corrected chi connectivity index (χ0v) is 17.1. The molecule has 0 bridgehead atoms. The lowest BCUT2D eigenvalue weighted by Crippen LogP contribution is -1.99. The van der Waals surface area contributed by atoms with Crippen molar-refractivity contribution < 1.29 is 0 Å². The van der Waals surface area contributed by atoms with E-state index in [1.807, 2.05) is 66.7 Å². The SMILES string of the molecule is N#CCc1ccc2c(c1)c(-c1cccc(Cl)c1)c(-c1ccc(Cl)cc1)c1nnnn12. The van der Waals surface area contributed by atoms with Crippen LogP contribution < -0.4 is 0 Å². The van der Waals surface area contributed by atoms with E-state index < -0.39 is 0 Å². The van der Waals surface area contributed by atoms with Gasteiger partial charge in [-0.05, 0) is 63.5 Å². The minimum Gasteiger partial charge on any atom is -0.198 e. The quantitative estimate of drug-likeness (QED) is 0.353. The fraction of sp³-hybridized carbons (Fsp3) is 0.0435. The number of hydrogen-bond donors (Lipinski definition) is 0. The van der Waals surface area contributed by atoms with Gasteiger partial charge in [-0.2, -0.15) is 9.78 Å². The number of rotatable bonds is 3. The van der Waals surface area contributed by atoms with Crippen LogP contribution in [0.1, 0.15) is 5.56 Å². The number of benzene rings is 3. The molecule has 7 heteroatoms. The van der Waals surface area contributed by atoms with Crippen LogP contribution in [0.4, 0.5) is 0 Å². The van der Waals surface area contributed by atoms with Crippen molar-refractivity contribution in [2.75, 3.05) is 0 Å². The smallest absolute Gasteiger partial charge is 0.188 e. The number of halogens is 2. The highest BCUT2D eigenvalue weighted by atomic mass is 35.5. The highest BCUT2D eigenvalue weighted by molar-refractivity contribution is 6.31. The molecule has 5 nitrogen and oxygen atoms in total. The van der Waals surface area contributed by atoms with Crippen LogP contribution in [-0.2, 0) is 6.42 Å². The van der Waals surface area contributed by atoms with Crippen LogP contribution in [0.15, 0.2) is 66.7 Å². The highest BCUT2D eigenvalue weighted by Crippen LogP contribution is 2.41. The van der Waals surface area contributed by atoms with Gasteiger partial charge in [0.25, 0.3) is 0 Å². The molecule has 0 amide bonds. The van der Waals surface area contributed by atoms with Gasteiger partial charge in [0.15, 0.2) is 5.65 Å². The predicted octanol–water partition coefficient (Wildman–Crippen LogP) is 5.98. The monoisotopic (exact) mass is 429 g/mol. The molecular formula is C23H13Cl2N5. The molecule has 5 aromatic rings. The molecule has 0 aliphatic rings. The summed E-state index contributed by atoms with van der Waals surface area (Å²) in [6.45, 7) is 0. The number of nitriles is 1.